The van der Waals surface area contributed by atoms with Gasteiger partial charge in [0.1, 0.15) is 6.04 Å². The van der Waals surface area contributed by atoms with Crippen molar-refractivity contribution in [3.05, 3.63) is 52.2 Å². The van der Waals surface area contributed by atoms with Crippen LogP contribution in [0, 0.1) is 0 Å². The fraction of sp³-hybridized carbons (Fsp3) is 0.400. The molecule has 0 aliphatic carbocycles. The highest BCUT2D eigenvalue weighted by Crippen LogP contribution is 2.23. The minimum Gasteiger partial charge on any atom is -0.326 e. The molecule has 1 aliphatic rings. The molecule has 5 heteroatoms. The van der Waals surface area contributed by atoms with Crippen LogP contribution in [0.25, 0.3) is 0 Å². The van der Waals surface area contributed by atoms with Gasteiger partial charge in [-0.3, -0.25) is 9.59 Å². The lowest BCUT2D eigenvalue weighted by atomic mass is 10.0. The number of piperidine rings is 1. The predicted molar refractivity (Wildman–Crippen MR) is 102 cm³/mol. The van der Waals surface area contributed by atoms with Crippen molar-refractivity contribution in [3.8, 4) is 0 Å². The Bertz CT molecular complexity index is 723. The molecule has 1 aliphatic heterocycles. The molecular formula is C20H24N2O2S. The third-order valence-electron chi connectivity index (χ3n) is 4.64. The molecule has 0 unspecified atom stereocenters. The highest BCUT2D eigenvalue weighted by atomic mass is 32.1. The summed E-state index contributed by atoms with van der Waals surface area (Å²) in [5.74, 6) is 0.328. The first-order chi connectivity index (χ1) is 12.1. The number of benzene rings is 1. The zero-order chi connectivity index (χ0) is 17.8. The maximum Gasteiger partial charge on any atom is 0.264 e. The lowest BCUT2D eigenvalue weighted by Crippen LogP contribution is -2.49. The van der Waals surface area contributed by atoms with E-state index in [1.807, 2.05) is 41.8 Å². The van der Waals surface area contributed by atoms with E-state index in [0.29, 0.717) is 23.8 Å². The fourth-order valence-electron chi connectivity index (χ4n) is 3.17. The van der Waals surface area contributed by atoms with Crippen LogP contribution in [-0.2, 0) is 4.79 Å². The van der Waals surface area contributed by atoms with Gasteiger partial charge < -0.3 is 10.2 Å². The number of thiophene rings is 1. The number of hydrogen-bond donors (Lipinski definition) is 1. The Labute approximate surface area is 152 Å². The second-order valence-electron chi connectivity index (χ2n) is 6.75. The first-order valence-corrected chi connectivity index (χ1v) is 9.69. The van der Waals surface area contributed by atoms with Gasteiger partial charge in [-0.25, -0.2) is 0 Å². The van der Waals surface area contributed by atoms with Crippen LogP contribution in [0.4, 0.5) is 5.69 Å². The Morgan fingerprint density at radius 3 is 2.56 bits per heavy atom. The van der Waals surface area contributed by atoms with Crippen LogP contribution in [0.5, 0.6) is 0 Å². The molecule has 132 valence electrons. The van der Waals surface area contributed by atoms with Crippen LogP contribution < -0.4 is 5.32 Å². The smallest absolute Gasteiger partial charge is 0.264 e. The van der Waals surface area contributed by atoms with Gasteiger partial charge in [0.2, 0.25) is 5.91 Å². The molecule has 1 aromatic carbocycles. The van der Waals surface area contributed by atoms with Crippen LogP contribution >= 0.6 is 11.3 Å². The summed E-state index contributed by atoms with van der Waals surface area (Å²) in [5.41, 5.74) is 2.02. The summed E-state index contributed by atoms with van der Waals surface area (Å²) in [6.07, 6.45) is 2.63. The number of nitrogens with zero attached hydrogens (tertiary/aromatic N) is 1. The van der Waals surface area contributed by atoms with E-state index >= 15 is 0 Å². The maximum absolute atomic E-state index is 12.8. The van der Waals surface area contributed by atoms with Crippen LogP contribution in [0.15, 0.2) is 41.8 Å². The van der Waals surface area contributed by atoms with E-state index in [-0.39, 0.29) is 11.8 Å². The quantitative estimate of drug-likeness (QED) is 0.876. The number of carbonyl (C=O) groups excluding carboxylic acids is 2. The Kier molecular flexibility index (Phi) is 5.53. The molecule has 0 spiro atoms. The minimum absolute atomic E-state index is 0.0370. The predicted octanol–water partition coefficient (Wildman–Crippen LogP) is 4.50. The summed E-state index contributed by atoms with van der Waals surface area (Å²) in [6.45, 7) is 4.93. The number of anilines is 1. The van der Waals surface area contributed by atoms with E-state index in [2.05, 4.69) is 19.2 Å². The molecule has 1 atom stereocenters. The van der Waals surface area contributed by atoms with Crippen molar-refractivity contribution < 1.29 is 9.59 Å². The van der Waals surface area contributed by atoms with E-state index in [1.54, 1.807) is 4.90 Å². The first kappa shape index (κ1) is 17.7. The molecule has 1 fully saturated rings. The summed E-state index contributed by atoms with van der Waals surface area (Å²) in [6, 6.07) is 11.2. The first-order valence-electron chi connectivity index (χ1n) is 8.81. The van der Waals surface area contributed by atoms with Crippen LogP contribution in [0.3, 0.4) is 0 Å². The molecule has 0 saturated carbocycles. The molecule has 1 saturated heterocycles. The van der Waals surface area contributed by atoms with E-state index in [0.717, 1.165) is 18.5 Å². The van der Waals surface area contributed by atoms with Crippen molar-refractivity contribution in [1.82, 2.24) is 4.90 Å². The summed E-state index contributed by atoms with van der Waals surface area (Å²) in [5, 5.41) is 4.87. The van der Waals surface area contributed by atoms with Gasteiger partial charge in [0.15, 0.2) is 0 Å². The molecule has 25 heavy (non-hydrogen) atoms. The number of amides is 2. The molecule has 2 aromatic rings. The number of rotatable bonds is 4. The normalized spacial score (nSPS) is 17.6. The fourth-order valence-corrected chi connectivity index (χ4v) is 3.84. The van der Waals surface area contributed by atoms with Crippen molar-refractivity contribution in [2.45, 2.75) is 45.1 Å². The van der Waals surface area contributed by atoms with Crippen molar-refractivity contribution >= 4 is 28.8 Å². The Morgan fingerprint density at radius 1 is 1.16 bits per heavy atom. The van der Waals surface area contributed by atoms with Crippen molar-refractivity contribution in [2.75, 3.05) is 11.9 Å². The highest BCUT2D eigenvalue weighted by Gasteiger charge is 2.33. The molecule has 4 nitrogen and oxygen atoms in total. The van der Waals surface area contributed by atoms with Gasteiger partial charge in [0, 0.05) is 12.2 Å². The third kappa shape index (κ3) is 4.10. The second kappa shape index (κ2) is 7.83. The minimum atomic E-state index is -0.395. The molecule has 0 bridgehead atoms. The van der Waals surface area contributed by atoms with Gasteiger partial charge in [-0.2, -0.15) is 0 Å². The molecule has 1 N–H and O–H groups in total. The van der Waals surface area contributed by atoms with Crippen molar-refractivity contribution in [3.63, 3.8) is 0 Å². The average Bonchev–Trinajstić information content (AvgIpc) is 3.16. The lowest BCUT2D eigenvalue weighted by Gasteiger charge is -2.34. The largest absolute Gasteiger partial charge is 0.326 e. The van der Waals surface area contributed by atoms with E-state index in [4.69, 9.17) is 0 Å². The average molecular weight is 356 g/mol. The van der Waals surface area contributed by atoms with Crippen LogP contribution in [-0.4, -0.2) is 29.3 Å². The number of hydrogen-bond acceptors (Lipinski definition) is 3. The number of nitrogens with one attached hydrogen (secondary N) is 1. The summed E-state index contributed by atoms with van der Waals surface area (Å²) < 4.78 is 0. The monoisotopic (exact) mass is 356 g/mol. The third-order valence-corrected chi connectivity index (χ3v) is 5.50. The highest BCUT2D eigenvalue weighted by molar-refractivity contribution is 7.12. The molecule has 2 amide bonds. The molecule has 1 aromatic heterocycles. The van der Waals surface area contributed by atoms with Crippen molar-refractivity contribution in [2.24, 2.45) is 0 Å². The zero-order valence-corrected chi connectivity index (χ0v) is 15.5. The standard InChI is InChI=1S/C20H24N2O2S/c1-14(2)15-8-10-16(11-9-15)21-19(23)17-6-3-4-12-22(17)20(24)18-7-5-13-25-18/h5,7-11,13-14,17H,3-4,6,12H2,1-2H3,(H,21,23)/t17-/m1/s1. The Hall–Kier alpha value is -2.14. The Morgan fingerprint density at radius 2 is 1.92 bits per heavy atom. The summed E-state index contributed by atoms with van der Waals surface area (Å²) >= 11 is 1.42. The Balaban J connectivity index is 1.71. The topological polar surface area (TPSA) is 49.4 Å². The molecule has 2 heterocycles. The maximum atomic E-state index is 12.8. The van der Waals surface area contributed by atoms with Gasteiger partial charge in [-0.1, -0.05) is 32.0 Å². The van der Waals surface area contributed by atoms with Gasteiger partial charge in [-0.15, -0.1) is 11.3 Å². The van der Waals surface area contributed by atoms with Gasteiger partial charge >= 0.3 is 0 Å². The lowest BCUT2D eigenvalue weighted by molar-refractivity contribution is -0.121. The summed E-state index contributed by atoms with van der Waals surface area (Å²) in [4.78, 5) is 27.9. The number of carbonyl (C=O) groups is 2. The SMILES string of the molecule is CC(C)c1ccc(NC(=O)[C@H]2CCCCN2C(=O)c2cccs2)cc1. The molecule has 3 rings (SSSR count). The summed E-state index contributed by atoms with van der Waals surface area (Å²) in [7, 11) is 0. The second-order valence-corrected chi connectivity index (χ2v) is 7.70. The van der Waals surface area contributed by atoms with E-state index in [1.165, 1.54) is 16.9 Å². The van der Waals surface area contributed by atoms with Crippen LogP contribution in [0.1, 0.15) is 54.3 Å². The molecular weight excluding hydrogens is 332 g/mol. The molecule has 0 radical (unpaired) electrons. The number of likely N-dealkylation sites (tertiary alicyclic amines) is 1. The van der Waals surface area contributed by atoms with Gasteiger partial charge in [0.05, 0.1) is 4.88 Å². The van der Waals surface area contributed by atoms with E-state index < -0.39 is 6.04 Å². The van der Waals surface area contributed by atoms with Crippen molar-refractivity contribution in [1.29, 1.82) is 0 Å². The van der Waals surface area contributed by atoms with Gasteiger partial charge in [-0.05, 0) is 54.3 Å². The van der Waals surface area contributed by atoms with Gasteiger partial charge in [0.25, 0.3) is 5.91 Å². The zero-order valence-electron chi connectivity index (χ0n) is 14.7. The van der Waals surface area contributed by atoms with Crippen LogP contribution in [0.2, 0.25) is 0 Å². The van der Waals surface area contributed by atoms with E-state index in [9.17, 15) is 9.59 Å².